The quantitative estimate of drug-likeness (QED) is 0.387. The maximum absolute atomic E-state index is 11.9. The Balaban J connectivity index is 2.35. The molecule has 170 valence electrons. The molecule has 1 rings (SSSR count). The fourth-order valence-electron chi connectivity index (χ4n) is 2.40. The lowest BCUT2D eigenvalue weighted by Crippen LogP contribution is -2.37. The molecule has 0 atom stereocenters. The van der Waals surface area contributed by atoms with Gasteiger partial charge in [0, 0.05) is 32.6 Å². The van der Waals surface area contributed by atoms with Crippen LogP contribution in [-0.4, -0.2) is 55.9 Å². The van der Waals surface area contributed by atoms with Crippen LogP contribution in [0.3, 0.4) is 0 Å². The summed E-state index contributed by atoms with van der Waals surface area (Å²) < 4.78 is 0. The molecule has 1 aliphatic heterocycles. The van der Waals surface area contributed by atoms with Crippen molar-refractivity contribution in [3.05, 3.63) is 0 Å². The fraction of sp³-hybridized carbons (Fsp3) is 0.333. The van der Waals surface area contributed by atoms with Gasteiger partial charge in [-0.05, 0) is 114 Å². The number of aliphatic imine (C=N–C) groups is 1. The summed E-state index contributed by atoms with van der Waals surface area (Å²) in [4.78, 5) is 18.3. The van der Waals surface area contributed by atoms with Crippen molar-refractivity contribution < 1.29 is 4.79 Å². The van der Waals surface area contributed by atoms with Crippen LogP contribution in [0.25, 0.3) is 0 Å². The molecule has 0 bridgehead atoms. The van der Waals surface area contributed by atoms with Gasteiger partial charge in [-0.25, -0.2) is 0 Å². The normalized spacial score (nSPS) is 9.49. The highest BCUT2D eigenvalue weighted by molar-refractivity contribution is 6.00. The van der Waals surface area contributed by atoms with E-state index >= 15 is 0 Å². The summed E-state index contributed by atoms with van der Waals surface area (Å²) in [5.74, 6) is 43.7. The molecular formula is C30H24N4O. The van der Waals surface area contributed by atoms with Crippen molar-refractivity contribution in [3.8, 4) is 107 Å². The van der Waals surface area contributed by atoms with Gasteiger partial charge in [0.1, 0.15) is 0 Å². The first-order valence-corrected chi connectivity index (χ1v) is 11.0. The number of unbranched alkanes of at least 4 members (excludes halogenated alkanes) is 1. The molecule has 0 aromatic rings. The van der Waals surface area contributed by atoms with Crippen LogP contribution >= 0.6 is 0 Å². The number of hydrogen-bond donors (Lipinski definition) is 2. The van der Waals surface area contributed by atoms with Crippen molar-refractivity contribution in [1.29, 1.82) is 0 Å². The number of amides is 1. The smallest absolute Gasteiger partial charge is 0.221 e. The van der Waals surface area contributed by atoms with Gasteiger partial charge in [-0.2, -0.15) is 0 Å². The number of amidine groups is 1. The average Bonchev–Trinajstić information content (AvgIpc) is 3.30. The summed E-state index contributed by atoms with van der Waals surface area (Å²) >= 11 is 0. The Bertz CT molecular complexity index is 1320. The molecule has 0 saturated heterocycles. The van der Waals surface area contributed by atoms with Gasteiger partial charge in [0.05, 0.1) is 6.54 Å². The summed E-state index contributed by atoms with van der Waals surface area (Å²) in [5, 5.41) is 6.19. The number of hydrogen-bond acceptors (Lipinski definition) is 4. The molecule has 1 aliphatic rings. The molecule has 35 heavy (non-hydrogen) atoms. The van der Waals surface area contributed by atoms with Crippen molar-refractivity contribution in [2.45, 2.75) is 26.2 Å². The molecule has 1 heterocycles. The highest BCUT2D eigenvalue weighted by Crippen LogP contribution is 1.99. The second kappa shape index (κ2) is 20.8. The van der Waals surface area contributed by atoms with Crippen molar-refractivity contribution in [3.63, 3.8) is 0 Å². The van der Waals surface area contributed by atoms with E-state index in [-0.39, 0.29) is 5.91 Å². The van der Waals surface area contributed by atoms with E-state index in [0.717, 1.165) is 25.9 Å². The van der Waals surface area contributed by atoms with Crippen LogP contribution in [0.1, 0.15) is 26.2 Å². The summed E-state index contributed by atoms with van der Waals surface area (Å²) in [7, 11) is 0. The summed E-state index contributed by atoms with van der Waals surface area (Å²) in [5.41, 5.74) is 0. The van der Waals surface area contributed by atoms with Crippen molar-refractivity contribution >= 4 is 11.7 Å². The Labute approximate surface area is 209 Å². The van der Waals surface area contributed by atoms with Gasteiger partial charge in [0.2, 0.25) is 5.91 Å². The molecule has 0 radical (unpaired) electrons. The molecule has 0 saturated carbocycles. The predicted octanol–water partition coefficient (Wildman–Crippen LogP) is 0.257. The van der Waals surface area contributed by atoms with E-state index in [0.29, 0.717) is 38.4 Å². The van der Waals surface area contributed by atoms with Crippen LogP contribution in [-0.2, 0) is 4.79 Å². The third kappa shape index (κ3) is 16.3. The third-order valence-electron chi connectivity index (χ3n) is 3.99. The first kappa shape index (κ1) is 28.0. The molecule has 5 heteroatoms. The molecule has 1 amide bonds. The zero-order chi connectivity index (χ0) is 25.2. The molecule has 2 N–H and O–H groups in total. The molecular weight excluding hydrogens is 432 g/mol. The topological polar surface area (TPSA) is 56.7 Å². The van der Waals surface area contributed by atoms with Crippen LogP contribution < -0.4 is 10.6 Å². The van der Waals surface area contributed by atoms with Gasteiger partial charge in [-0.3, -0.25) is 9.79 Å². The standard InChI is InChI=1S/C30H24N4O/c1-3-5-7-8-9-10-11-12-13-14-15-16-17-18-19-20-21-29-32-25-27-34(29)28-26-33-30(35)22-24-31-23-6-4-2/h1,31H,4,6,22-28H2,2H3,(H,33,35). The number of terminal acetylenes is 1. The molecule has 0 spiro atoms. The van der Waals surface area contributed by atoms with E-state index < -0.39 is 0 Å². The van der Waals surface area contributed by atoms with Crippen LogP contribution in [0.4, 0.5) is 0 Å². The van der Waals surface area contributed by atoms with Gasteiger partial charge in [-0.15, -0.1) is 6.42 Å². The largest absolute Gasteiger partial charge is 0.354 e. The van der Waals surface area contributed by atoms with Crippen molar-refractivity contribution in [2.75, 3.05) is 39.3 Å². The van der Waals surface area contributed by atoms with Gasteiger partial charge >= 0.3 is 0 Å². The number of rotatable bonds is 9. The lowest BCUT2D eigenvalue weighted by atomic mass is 10.3. The van der Waals surface area contributed by atoms with E-state index in [4.69, 9.17) is 6.42 Å². The van der Waals surface area contributed by atoms with Crippen LogP contribution in [0.2, 0.25) is 0 Å². The van der Waals surface area contributed by atoms with Crippen molar-refractivity contribution in [2.24, 2.45) is 4.99 Å². The molecule has 0 aromatic heterocycles. The Morgan fingerprint density at radius 1 is 0.857 bits per heavy atom. The van der Waals surface area contributed by atoms with E-state index in [1.807, 2.05) is 4.90 Å². The lowest BCUT2D eigenvalue weighted by Gasteiger charge is -2.17. The fourth-order valence-corrected chi connectivity index (χ4v) is 2.40. The minimum atomic E-state index is 0.0425. The van der Waals surface area contributed by atoms with E-state index in [2.05, 4.69) is 123 Å². The number of carbonyl (C=O) groups is 1. The average molecular weight is 457 g/mol. The Morgan fingerprint density at radius 2 is 1.43 bits per heavy atom. The lowest BCUT2D eigenvalue weighted by molar-refractivity contribution is -0.121. The monoisotopic (exact) mass is 456 g/mol. The zero-order valence-corrected chi connectivity index (χ0v) is 19.7. The van der Waals surface area contributed by atoms with Crippen LogP contribution in [0.5, 0.6) is 0 Å². The van der Waals surface area contributed by atoms with E-state index in [9.17, 15) is 4.79 Å². The summed E-state index contributed by atoms with van der Waals surface area (Å²) in [6.07, 6.45) is 7.69. The van der Waals surface area contributed by atoms with E-state index in [1.165, 1.54) is 0 Å². The Morgan fingerprint density at radius 3 is 2.00 bits per heavy atom. The van der Waals surface area contributed by atoms with Gasteiger partial charge < -0.3 is 15.5 Å². The maximum atomic E-state index is 11.9. The number of carbonyl (C=O) groups excluding carboxylic acids is 1. The van der Waals surface area contributed by atoms with Gasteiger partial charge in [0.15, 0.2) is 5.84 Å². The second-order valence-corrected chi connectivity index (χ2v) is 6.54. The summed E-state index contributed by atoms with van der Waals surface area (Å²) in [6.45, 7) is 6.45. The Kier molecular flexibility index (Phi) is 16.6. The van der Waals surface area contributed by atoms with Crippen LogP contribution in [0, 0.1) is 107 Å². The number of nitrogens with one attached hydrogen (secondary N) is 2. The minimum Gasteiger partial charge on any atom is -0.354 e. The minimum absolute atomic E-state index is 0.0425. The Hall–Kier alpha value is -5.06. The molecule has 5 nitrogen and oxygen atoms in total. The van der Waals surface area contributed by atoms with Gasteiger partial charge in [-0.1, -0.05) is 13.3 Å². The zero-order valence-electron chi connectivity index (χ0n) is 19.7. The molecule has 0 fully saturated rings. The van der Waals surface area contributed by atoms with Gasteiger partial charge in [0.25, 0.3) is 0 Å². The second-order valence-electron chi connectivity index (χ2n) is 6.54. The number of nitrogens with zero attached hydrogens (tertiary/aromatic N) is 2. The first-order valence-electron chi connectivity index (χ1n) is 11.0. The van der Waals surface area contributed by atoms with E-state index in [1.54, 1.807) is 0 Å². The highest BCUT2D eigenvalue weighted by Gasteiger charge is 2.14. The highest BCUT2D eigenvalue weighted by atomic mass is 16.1. The van der Waals surface area contributed by atoms with Crippen LogP contribution in [0.15, 0.2) is 4.99 Å². The van der Waals surface area contributed by atoms with Crippen molar-refractivity contribution in [1.82, 2.24) is 15.5 Å². The molecule has 0 aliphatic carbocycles. The third-order valence-corrected chi connectivity index (χ3v) is 3.99. The maximum Gasteiger partial charge on any atom is 0.221 e. The summed E-state index contributed by atoms with van der Waals surface area (Å²) in [6, 6.07) is 0. The molecule has 0 aromatic carbocycles. The first-order chi connectivity index (χ1) is 17.3. The SMILES string of the molecule is C#CC#CC#CC#CC#CC#CC#CC#CC#CC1=NCCN1CCNC(=O)CCNCCCC. The predicted molar refractivity (Wildman–Crippen MR) is 140 cm³/mol. The molecule has 0 unspecified atom stereocenters.